The van der Waals surface area contributed by atoms with Gasteiger partial charge in [0.05, 0.1) is 13.2 Å². The van der Waals surface area contributed by atoms with Crippen LogP contribution < -0.4 is 5.32 Å². The van der Waals surface area contributed by atoms with Crippen molar-refractivity contribution in [1.82, 2.24) is 15.5 Å². The predicted octanol–water partition coefficient (Wildman–Crippen LogP) is 2.22. The molecule has 1 aliphatic carbocycles. The van der Waals surface area contributed by atoms with E-state index >= 15 is 0 Å². The number of hydrogen-bond donors (Lipinski definition) is 2. The maximum atomic E-state index is 9.26. The van der Waals surface area contributed by atoms with E-state index in [1.165, 1.54) is 32.1 Å². The van der Waals surface area contributed by atoms with Crippen LogP contribution in [0.25, 0.3) is 0 Å². The number of hydrogen-bond acceptors (Lipinski definition) is 5. The van der Waals surface area contributed by atoms with Crippen molar-refractivity contribution >= 4 is 0 Å². The van der Waals surface area contributed by atoms with Gasteiger partial charge in [0, 0.05) is 12.0 Å². The third-order valence-electron chi connectivity index (χ3n) is 3.96. The van der Waals surface area contributed by atoms with E-state index in [2.05, 4.69) is 29.3 Å². The Morgan fingerprint density at radius 3 is 2.68 bits per heavy atom. The Morgan fingerprint density at radius 2 is 2.05 bits per heavy atom. The standard InChI is InChI=1S/C14H25N3O2/c1-10(2)12(9-18)15-8-13-16-14(19-17-13)11-6-4-3-5-7-11/h10-12,15,18H,3-9H2,1-2H3/t12-/m1/s1. The van der Waals surface area contributed by atoms with Crippen molar-refractivity contribution < 1.29 is 9.63 Å². The second kappa shape index (κ2) is 7.01. The Morgan fingerprint density at radius 1 is 1.32 bits per heavy atom. The van der Waals surface area contributed by atoms with Gasteiger partial charge >= 0.3 is 0 Å². The van der Waals surface area contributed by atoms with Crippen LogP contribution in [-0.2, 0) is 6.54 Å². The molecule has 1 saturated carbocycles. The summed E-state index contributed by atoms with van der Waals surface area (Å²) in [4.78, 5) is 4.48. The van der Waals surface area contributed by atoms with Crippen molar-refractivity contribution in [3.05, 3.63) is 11.7 Å². The second-order valence-electron chi connectivity index (χ2n) is 5.80. The molecule has 1 heterocycles. The maximum Gasteiger partial charge on any atom is 0.229 e. The molecule has 1 aromatic heterocycles. The van der Waals surface area contributed by atoms with Crippen LogP contribution in [0.3, 0.4) is 0 Å². The molecular formula is C14H25N3O2. The summed E-state index contributed by atoms with van der Waals surface area (Å²) >= 11 is 0. The molecule has 1 fully saturated rings. The summed E-state index contributed by atoms with van der Waals surface area (Å²) in [5.74, 6) is 2.32. The van der Waals surface area contributed by atoms with Crippen LogP contribution in [-0.4, -0.2) is 27.9 Å². The van der Waals surface area contributed by atoms with Crippen molar-refractivity contribution in [3.8, 4) is 0 Å². The van der Waals surface area contributed by atoms with Crippen LogP contribution in [0.1, 0.15) is 63.6 Å². The van der Waals surface area contributed by atoms with Gasteiger partial charge in [-0.2, -0.15) is 4.98 Å². The number of aromatic nitrogens is 2. The smallest absolute Gasteiger partial charge is 0.229 e. The highest BCUT2D eigenvalue weighted by molar-refractivity contribution is 4.95. The molecule has 1 aliphatic rings. The summed E-state index contributed by atoms with van der Waals surface area (Å²) < 4.78 is 5.37. The van der Waals surface area contributed by atoms with E-state index in [0.29, 0.717) is 24.2 Å². The Balaban J connectivity index is 1.86. The van der Waals surface area contributed by atoms with Gasteiger partial charge in [-0.1, -0.05) is 38.3 Å². The molecule has 0 spiro atoms. The number of rotatable bonds is 6. The minimum atomic E-state index is 0.0802. The Hall–Kier alpha value is -0.940. The van der Waals surface area contributed by atoms with Crippen LogP contribution in [0, 0.1) is 5.92 Å². The van der Waals surface area contributed by atoms with Crippen molar-refractivity contribution in [2.24, 2.45) is 5.92 Å². The molecule has 1 atom stereocenters. The van der Waals surface area contributed by atoms with Crippen LogP contribution in [0.4, 0.5) is 0 Å². The molecule has 0 aliphatic heterocycles. The molecule has 2 N–H and O–H groups in total. The lowest BCUT2D eigenvalue weighted by atomic mass is 9.89. The van der Waals surface area contributed by atoms with Gasteiger partial charge in [-0.15, -0.1) is 0 Å². The largest absolute Gasteiger partial charge is 0.395 e. The van der Waals surface area contributed by atoms with Gasteiger partial charge in [0.15, 0.2) is 5.82 Å². The molecule has 19 heavy (non-hydrogen) atoms. The van der Waals surface area contributed by atoms with E-state index in [9.17, 15) is 5.11 Å². The molecule has 0 saturated heterocycles. The summed E-state index contributed by atoms with van der Waals surface area (Å²) in [6.45, 7) is 4.85. The molecule has 2 rings (SSSR count). The van der Waals surface area contributed by atoms with Crippen LogP contribution in [0.15, 0.2) is 4.52 Å². The molecule has 0 radical (unpaired) electrons. The highest BCUT2D eigenvalue weighted by atomic mass is 16.5. The zero-order valence-corrected chi connectivity index (χ0v) is 11.9. The average molecular weight is 267 g/mol. The highest BCUT2D eigenvalue weighted by Crippen LogP contribution is 2.31. The van der Waals surface area contributed by atoms with E-state index in [1.54, 1.807) is 0 Å². The van der Waals surface area contributed by atoms with Crippen LogP contribution in [0.2, 0.25) is 0 Å². The summed E-state index contributed by atoms with van der Waals surface area (Å²) in [6, 6.07) is 0.0802. The first kappa shape index (κ1) is 14.5. The molecule has 1 aromatic rings. The third kappa shape index (κ3) is 4.01. The maximum absolute atomic E-state index is 9.26. The Bertz CT molecular complexity index is 373. The second-order valence-corrected chi connectivity index (χ2v) is 5.80. The Labute approximate surface area is 114 Å². The lowest BCUT2D eigenvalue weighted by molar-refractivity contribution is 0.208. The van der Waals surface area contributed by atoms with E-state index in [1.807, 2.05) is 0 Å². The average Bonchev–Trinajstić information content (AvgIpc) is 2.89. The highest BCUT2D eigenvalue weighted by Gasteiger charge is 2.21. The molecule has 5 nitrogen and oxygen atoms in total. The summed E-state index contributed by atoms with van der Waals surface area (Å²) in [5.41, 5.74) is 0. The molecule has 0 amide bonds. The first-order valence-corrected chi connectivity index (χ1v) is 7.37. The number of nitrogens with zero attached hydrogens (tertiary/aromatic N) is 2. The lowest BCUT2D eigenvalue weighted by Crippen LogP contribution is -2.36. The minimum absolute atomic E-state index is 0.0802. The van der Waals surface area contributed by atoms with E-state index in [-0.39, 0.29) is 12.6 Å². The molecule has 0 bridgehead atoms. The molecular weight excluding hydrogens is 242 g/mol. The van der Waals surface area contributed by atoms with Crippen LogP contribution >= 0.6 is 0 Å². The minimum Gasteiger partial charge on any atom is -0.395 e. The lowest BCUT2D eigenvalue weighted by Gasteiger charge is -2.18. The van der Waals surface area contributed by atoms with E-state index in [4.69, 9.17) is 4.52 Å². The van der Waals surface area contributed by atoms with Crippen LogP contribution in [0.5, 0.6) is 0 Å². The number of nitrogens with one attached hydrogen (secondary N) is 1. The summed E-state index contributed by atoms with van der Waals surface area (Å²) in [7, 11) is 0. The monoisotopic (exact) mass is 267 g/mol. The van der Waals surface area contributed by atoms with Gasteiger partial charge in [-0.25, -0.2) is 0 Å². The predicted molar refractivity (Wildman–Crippen MR) is 72.7 cm³/mol. The van der Waals surface area contributed by atoms with Crippen molar-refractivity contribution in [1.29, 1.82) is 0 Å². The van der Waals surface area contributed by atoms with E-state index < -0.39 is 0 Å². The fourth-order valence-corrected chi connectivity index (χ4v) is 2.59. The fraction of sp³-hybridized carbons (Fsp3) is 0.857. The van der Waals surface area contributed by atoms with Gasteiger partial charge in [0.1, 0.15) is 0 Å². The fourth-order valence-electron chi connectivity index (χ4n) is 2.59. The SMILES string of the molecule is CC(C)[C@@H](CO)NCc1noc(C2CCCCC2)n1. The zero-order chi connectivity index (χ0) is 13.7. The summed E-state index contributed by atoms with van der Waals surface area (Å²) in [5, 5.41) is 16.5. The normalized spacial score (nSPS) is 18.9. The Kier molecular flexibility index (Phi) is 5.34. The molecule has 0 aromatic carbocycles. The molecule has 108 valence electrons. The van der Waals surface area contributed by atoms with Crippen molar-refractivity contribution in [2.75, 3.05) is 6.61 Å². The molecule has 0 unspecified atom stereocenters. The summed E-state index contributed by atoms with van der Waals surface area (Å²) in [6.07, 6.45) is 6.19. The molecule has 5 heteroatoms. The third-order valence-corrected chi connectivity index (χ3v) is 3.96. The van der Waals surface area contributed by atoms with Crippen molar-refractivity contribution in [2.45, 2.75) is 64.5 Å². The van der Waals surface area contributed by atoms with Gasteiger partial charge in [-0.05, 0) is 18.8 Å². The first-order valence-electron chi connectivity index (χ1n) is 7.37. The zero-order valence-electron chi connectivity index (χ0n) is 11.9. The quantitative estimate of drug-likeness (QED) is 0.827. The number of aliphatic hydroxyl groups excluding tert-OH is 1. The first-order chi connectivity index (χ1) is 9.20. The number of aliphatic hydroxyl groups is 1. The van der Waals surface area contributed by atoms with Gasteiger partial charge < -0.3 is 14.9 Å². The van der Waals surface area contributed by atoms with Crippen molar-refractivity contribution in [3.63, 3.8) is 0 Å². The topological polar surface area (TPSA) is 71.2 Å². The van der Waals surface area contributed by atoms with Gasteiger partial charge in [-0.3, -0.25) is 0 Å². The van der Waals surface area contributed by atoms with E-state index in [0.717, 1.165) is 5.89 Å². The van der Waals surface area contributed by atoms with Gasteiger partial charge in [0.25, 0.3) is 0 Å². The van der Waals surface area contributed by atoms with Gasteiger partial charge in [0.2, 0.25) is 5.89 Å².